The molecule has 0 radical (unpaired) electrons. The third kappa shape index (κ3) is 3.53. The van der Waals surface area contributed by atoms with Crippen LogP contribution in [0.25, 0.3) is 22.1 Å². The summed E-state index contributed by atoms with van der Waals surface area (Å²) in [7, 11) is 0. The highest BCUT2D eigenvalue weighted by Gasteiger charge is 2.34. The van der Waals surface area contributed by atoms with Crippen molar-refractivity contribution in [2.45, 2.75) is 64.3 Å². The van der Waals surface area contributed by atoms with E-state index in [1.165, 1.54) is 32.1 Å². The van der Waals surface area contributed by atoms with Crippen LogP contribution >= 0.6 is 0 Å². The number of imidazole rings is 1. The van der Waals surface area contributed by atoms with Gasteiger partial charge >= 0.3 is 0 Å². The molecule has 0 spiro atoms. The Morgan fingerprint density at radius 1 is 0.893 bits per heavy atom. The van der Waals surface area contributed by atoms with Crippen molar-refractivity contribution in [2.75, 3.05) is 0 Å². The average Bonchev–Trinajstić information content (AvgIpc) is 3.35. The van der Waals surface area contributed by atoms with E-state index in [-0.39, 0.29) is 5.54 Å². The van der Waals surface area contributed by atoms with Gasteiger partial charge in [-0.2, -0.15) is 0 Å². The number of benzene rings is 2. The van der Waals surface area contributed by atoms with Crippen LogP contribution in [-0.2, 0) is 5.54 Å². The minimum atomic E-state index is -0.361. The van der Waals surface area contributed by atoms with Crippen molar-refractivity contribution >= 4 is 22.1 Å². The van der Waals surface area contributed by atoms with Crippen LogP contribution in [0, 0.1) is 0 Å². The molecular formula is C23H29N5. The molecular weight excluding hydrogens is 346 g/mol. The van der Waals surface area contributed by atoms with Crippen LogP contribution in [-0.4, -0.2) is 25.0 Å². The van der Waals surface area contributed by atoms with Gasteiger partial charge in [0, 0.05) is 0 Å². The Hall–Kier alpha value is -2.69. The van der Waals surface area contributed by atoms with Crippen molar-refractivity contribution in [3.8, 4) is 0 Å². The molecule has 1 atom stereocenters. The number of nitrogens with zero attached hydrogens (tertiary/aromatic N) is 4. The van der Waals surface area contributed by atoms with E-state index in [0.29, 0.717) is 0 Å². The quantitative estimate of drug-likeness (QED) is 0.375. The van der Waals surface area contributed by atoms with Gasteiger partial charge in [-0.25, -0.2) is 9.67 Å². The fraction of sp³-hybridized carbons (Fsp3) is 0.435. The van der Waals surface area contributed by atoms with Gasteiger partial charge in [0.2, 0.25) is 0 Å². The lowest BCUT2D eigenvalue weighted by Gasteiger charge is -2.28. The standard InChI is InChI=1S/C23H29N5/c1-3-4-5-6-7-12-17-23(2,22-24-18-13-8-9-14-19(18)25-22)28-21-16-11-10-15-20(21)26-27-28/h8-11,13-16H,3-7,12,17H2,1-2H3,(H,24,25). The number of fused-ring (bicyclic) bond motifs is 2. The van der Waals surface area contributed by atoms with E-state index in [9.17, 15) is 0 Å². The van der Waals surface area contributed by atoms with E-state index in [0.717, 1.165) is 40.7 Å². The third-order valence-corrected chi connectivity index (χ3v) is 5.74. The largest absolute Gasteiger partial charge is 0.340 e. The lowest BCUT2D eigenvalue weighted by molar-refractivity contribution is 0.303. The van der Waals surface area contributed by atoms with Crippen LogP contribution in [0.1, 0.15) is 64.6 Å². The van der Waals surface area contributed by atoms with Gasteiger partial charge in [0.25, 0.3) is 0 Å². The van der Waals surface area contributed by atoms with Gasteiger partial charge in [0.05, 0.1) is 16.6 Å². The summed E-state index contributed by atoms with van der Waals surface area (Å²) in [5.74, 6) is 0.956. The Morgan fingerprint density at radius 2 is 1.61 bits per heavy atom. The lowest BCUT2D eigenvalue weighted by Crippen LogP contribution is -2.34. The van der Waals surface area contributed by atoms with Gasteiger partial charge in [-0.1, -0.05) is 74.9 Å². The Labute approximate surface area is 166 Å². The predicted molar refractivity (Wildman–Crippen MR) is 114 cm³/mol. The van der Waals surface area contributed by atoms with E-state index in [4.69, 9.17) is 4.98 Å². The number of aromatic nitrogens is 5. The van der Waals surface area contributed by atoms with Crippen LogP contribution in [0.15, 0.2) is 48.5 Å². The van der Waals surface area contributed by atoms with E-state index in [2.05, 4.69) is 52.0 Å². The Morgan fingerprint density at radius 3 is 2.43 bits per heavy atom. The molecule has 1 N–H and O–H groups in total. The molecule has 0 saturated carbocycles. The van der Waals surface area contributed by atoms with E-state index in [1.807, 2.05) is 30.3 Å². The first-order chi connectivity index (χ1) is 13.7. The van der Waals surface area contributed by atoms with Crippen molar-refractivity contribution in [2.24, 2.45) is 0 Å². The molecule has 1 unspecified atom stereocenters. The molecule has 28 heavy (non-hydrogen) atoms. The molecule has 0 aliphatic rings. The van der Waals surface area contributed by atoms with Crippen molar-refractivity contribution < 1.29 is 0 Å². The van der Waals surface area contributed by atoms with Gasteiger partial charge in [0.15, 0.2) is 0 Å². The summed E-state index contributed by atoms with van der Waals surface area (Å²) in [6, 6.07) is 16.4. The molecule has 5 nitrogen and oxygen atoms in total. The highest BCUT2D eigenvalue weighted by molar-refractivity contribution is 5.76. The predicted octanol–water partition coefficient (Wildman–Crippen LogP) is 5.82. The summed E-state index contributed by atoms with van der Waals surface area (Å²) in [6.07, 6.45) is 8.59. The van der Waals surface area contributed by atoms with E-state index >= 15 is 0 Å². The second-order valence-electron chi connectivity index (χ2n) is 7.88. The second kappa shape index (κ2) is 8.13. The molecule has 4 rings (SSSR count). The fourth-order valence-electron chi connectivity index (χ4n) is 4.02. The van der Waals surface area contributed by atoms with Crippen LogP contribution < -0.4 is 0 Å². The number of nitrogens with one attached hydrogen (secondary N) is 1. The maximum atomic E-state index is 4.93. The van der Waals surface area contributed by atoms with Crippen molar-refractivity contribution in [1.82, 2.24) is 25.0 Å². The topological polar surface area (TPSA) is 59.4 Å². The minimum Gasteiger partial charge on any atom is -0.340 e. The molecule has 0 fully saturated rings. The maximum absolute atomic E-state index is 4.93. The van der Waals surface area contributed by atoms with Crippen molar-refractivity contribution in [1.29, 1.82) is 0 Å². The fourth-order valence-corrected chi connectivity index (χ4v) is 4.02. The molecule has 2 aromatic heterocycles. The first kappa shape index (κ1) is 18.7. The van der Waals surface area contributed by atoms with E-state index in [1.54, 1.807) is 0 Å². The summed E-state index contributed by atoms with van der Waals surface area (Å²) < 4.78 is 2.06. The van der Waals surface area contributed by atoms with Crippen LogP contribution in [0.3, 0.4) is 0 Å². The second-order valence-corrected chi connectivity index (χ2v) is 7.88. The normalized spacial score (nSPS) is 13.9. The zero-order chi connectivity index (χ0) is 19.4. The molecule has 0 saturated heterocycles. The molecule has 0 aliphatic carbocycles. The highest BCUT2D eigenvalue weighted by atomic mass is 15.5. The third-order valence-electron chi connectivity index (χ3n) is 5.74. The van der Waals surface area contributed by atoms with Gasteiger partial charge in [-0.3, -0.25) is 0 Å². The molecule has 2 heterocycles. The molecule has 4 aromatic rings. The first-order valence-corrected chi connectivity index (χ1v) is 10.5. The van der Waals surface area contributed by atoms with Crippen LogP contribution in [0.5, 0.6) is 0 Å². The number of H-pyrrole nitrogens is 1. The first-order valence-electron chi connectivity index (χ1n) is 10.5. The molecule has 5 heteroatoms. The zero-order valence-electron chi connectivity index (χ0n) is 16.9. The number of hydrogen-bond donors (Lipinski definition) is 1. The van der Waals surface area contributed by atoms with Gasteiger partial charge in [-0.05, 0) is 37.6 Å². The Bertz CT molecular complexity index is 1010. The summed E-state index contributed by atoms with van der Waals surface area (Å²) in [4.78, 5) is 8.48. The Kier molecular flexibility index (Phi) is 5.42. The van der Waals surface area contributed by atoms with Gasteiger partial charge in [-0.15, -0.1) is 5.10 Å². The van der Waals surface area contributed by atoms with Crippen LogP contribution in [0.4, 0.5) is 0 Å². The number of unbranched alkanes of at least 4 members (excludes halogenated alkanes) is 5. The zero-order valence-corrected chi connectivity index (χ0v) is 16.9. The SMILES string of the molecule is CCCCCCCCC(C)(c1nc2ccccc2[nH]1)n1nnc2ccccc21. The van der Waals surface area contributed by atoms with Gasteiger partial charge < -0.3 is 4.98 Å². The van der Waals surface area contributed by atoms with Crippen LogP contribution in [0.2, 0.25) is 0 Å². The molecule has 0 bridgehead atoms. The monoisotopic (exact) mass is 375 g/mol. The lowest BCUT2D eigenvalue weighted by atomic mass is 9.92. The maximum Gasteiger partial charge on any atom is 0.135 e. The highest BCUT2D eigenvalue weighted by Crippen LogP contribution is 2.33. The summed E-state index contributed by atoms with van der Waals surface area (Å²) in [6.45, 7) is 4.49. The number of hydrogen-bond acceptors (Lipinski definition) is 3. The van der Waals surface area contributed by atoms with Crippen molar-refractivity contribution in [3.05, 3.63) is 54.4 Å². The van der Waals surface area contributed by atoms with Crippen molar-refractivity contribution in [3.63, 3.8) is 0 Å². The average molecular weight is 376 g/mol. The number of rotatable bonds is 9. The molecule has 0 amide bonds. The Balaban J connectivity index is 1.68. The smallest absolute Gasteiger partial charge is 0.135 e. The molecule has 0 aliphatic heterocycles. The summed E-state index contributed by atoms with van der Waals surface area (Å²) >= 11 is 0. The minimum absolute atomic E-state index is 0.361. The summed E-state index contributed by atoms with van der Waals surface area (Å²) in [5.41, 5.74) is 3.68. The number of para-hydroxylation sites is 3. The number of aromatic amines is 1. The molecule has 2 aromatic carbocycles. The van der Waals surface area contributed by atoms with Gasteiger partial charge in [0.1, 0.15) is 16.9 Å². The summed E-state index contributed by atoms with van der Waals surface area (Å²) in [5, 5.41) is 8.95. The molecule has 146 valence electrons. The van der Waals surface area contributed by atoms with E-state index < -0.39 is 0 Å².